The first-order chi connectivity index (χ1) is 13.6. The van der Waals surface area contributed by atoms with Gasteiger partial charge >= 0.3 is 18.0 Å². The summed E-state index contributed by atoms with van der Waals surface area (Å²) in [6.45, 7) is 4.43. The number of esters is 1. The average Bonchev–Trinajstić information content (AvgIpc) is 3.07. The maximum atomic E-state index is 13.7. The predicted octanol–water partition coefficient (Wildman–Crippen LogP) is 2.80. The van der Waals surface area contributed by atoms with E-state index < -0.39 is 53.8 Å². The molecule has 160 valence electrons. The van der Waals surface area contributed by atoms with Crippen LogP contribution in [-0.2, 0) is 19.1 Å². The number of hydrogen-bond acceptors (Lipinski definition) is 6. The molecule has 0 spiro atoms. The van der Waals surface area contributed by atoms with Crippen molar-refractivity contribution in [2.45, 2.75) is 39.5 Å². The molecule has 1 fully saturated rings. The number of benzene rings is 1. The number of likely N-dealkylation sites (tertiary alicyclic amines) is 1. The van der Waals surface area contributed by atoms with Crippen LogP contribution < -0.4 is 4.74 Å². The Morgan fingerprint density at radius 3 is 2.52 bits per heavy atom. The van der Waals surface area contributed by atoms with Crippen LogP contribution in [0.25, 0.3) is 0 Å². The molecule has 0 unspecified atom stereocenters. The predicted molar refractivity (Wildman–Crippen MR) is 95.0 cm³/mol. The summed E-state index contributed by atoms with van der Waals surface area (Å²) in [4.78, 5) is 36.4. The quantitative estimate of drug-likeness (QED) is 0.540. The molecule has 1 aliphatic rings. The zero-order valence-electron chi connectivity index (χ0n) is 16.3. The fraction of sp³-hybridized carbons (Fsp3) is 0.526. The Balaban J connectivity index is 1.97. The maximum Gasteiger partial charge on any atom is 0.413 e. The number of carbonyl (C=O) groups is 3. The highest BCUT2D eigenvalue weighted by atomic mass is 19.2. The number of carbonyl (C=O) groups excluding carboxylic acids is 2. The van der Waals surface area contributed by atoms with Crippen molar-refractivity contribution in [2.75, 3.05) is 13.2 Å². The minimum atomic E-state index is -1.24. The maximum absolute atomic E-state index is 13.7. The monoisotopic (exact) mass is 415 g/mol. The first-order valence-electron chi connectivity index (χ1n) is 9.07. The lowest BCUT2D eigenvalue weighted by Gasteiger charge is -2.23. The second-order valence-corrected chi connectivity index (χ2v) is 7.01. The second-order valence-electron chi connectivity index (χ2n) is 7.01. The molecule has 3 atom stereocenters. The summed E-state index contributed by atoms with van der Waals surface area (Å²) in [5.41, 5.74) is 0. The summed E-state index contributed by atoms with van der Waals surface area (Å²) < 4.78 is 42.1. The van der Waals surface area contributed by atoms with Gasteiger partial charge in [0.2, 0.25) is 12.1 Å². The summed E-state index contributed by atoms with van der Waals surface area (Å²) in [6.07, 6.45) is -2.11. The molecule has 0 radical (unpaired) electrons. The third-order valence-corrected chi connectivity index (χ3v) is 4.32. The molecule has 1 N–H and O–H groups in total. The molecule has 29 heavy (non-hydrogen) atoms. The van der Waals surface area contributed by atoms with E-state index in [-0.39, 0.29) is 25.3 Å². The Kier molecular flexibility index (Phi) is 7.35. The molecule has 10 heteroatoms. The minimum absolute atomic E-state index is 0.0302. The standard InChI is InChI=1S/C19H23F2NO7/c1-10(2)18(25)28-11(3)29-19(26)22-8-12(7-14(22)17(23)24)9-27-15-6-4-5-13(20)16(15)21/h4-6,10-12,14H,7-9H2,1-3H3,(H,23,24)/t11-,12+,14+/m1/s1. The third-order valence-electron chi connectivity index (χ3n) is 4.32. The number of carboxylic acid groups (broad SMARTS) is 1. The summed E-state index contributed by atoms with van der Waals surface area (Å²) in [5, 5.41) is 9.38. The molecule has 1 aromatic carbocycles. The molecule has 1 aliphatic heterocycles. The van der Waals surface area contributed by atoms with Crippen LogP contribution in [0.5, 0.6) is 5.75 Å². The molecule has 1 saturated heterocycles. The van der Waals surface area contributed by atoms with Gasteiger partial charge in [0.1, 0.15) is 6.04 Å². The van der Waals surface area contributed by atoms with Crippen LogP contribution >= 0.6 is 0 Å². The molecule has 0 bridgehead atoms. The zero-order valence-corrected chi connectivity index (χ0v) is 16.3. The lowest BCUT2D eigenvalue weighted by molar-refractivity contribution is -0.170. The Bertz CT molecular complexity index is 771. The van der Waals surface area contributed by atoms with Gasteiger partial charge in [-0.25, -0.2) is 14.0 Å². The first-order valence-corrected chi connectivity index (χ1v) is 9.07. The number of rotatable bonds is 7. The van der Waals surface area contributed by atoms with Crippen molar-refractivity contribution in [3.05, 3.63) is 29.8 Å². The van der Waals surface area contributed by atoms with Crippen molar-refractivity contribution in [3.63, 3.8) is 0 Å². The van der Waals surface area contributed by atoms with Crippen molar-refractivity contribution in [2.24, 2.45) is 11.8 Å². The van der Waals surface area contributed by atoms with Crippen LogP contribution in [0.15, 0.2) is 18.2 Å². The van der Waals surface area contributed by atoms with Crippen molar-refractivity contribution >= 4 is 18.0 Å². The second kappa shape index (κ2) is 9.53. The van der Waals surface area contributed by atoms with Gasteiger partial charge in [0.05, 0.1) is 12.5 Å². The largest absolute Gasteiger partial charge is 0.490 e. The van der Waals surface area contributed by atoms with Crippen molar-refractivity contribution in [3.8, 4) is 5.75 Å². The van der Waals surface area contributed by atoms with Crippen LogP contribution in [0.3, 0.4) is 0 Å². The van der Waals surface area contributed by atoms with Gasteiger partial charge in [-0.3, -0.25) is 9.69 Å². The number of hydrogen-bond donors (Lipinski definition) is 1. The fourth-order valence-electron chi connectivity index (χ4n) is 2.82. The van der Waals surface area contributed by atoms with Crippen LogP contribution in [-0.4, -0.2) is 53.5 Å². The molecule has 0 aliphatic carbocycles. The highest BCUT2D eigenvalue weighted by Crippen LogP contribution is 2.27. The molecular formula is C19H23F2NO7. The van der Waals surface area contributed by atoms with Crippen LogP contribution in [0.2, 0.25) is 0 Å². The van der Waals surface area contributed by atoms with Gasteiger partial charge in [-0.05, 0) is 18.6 Å². The molecule has 8 nitrogen and oxygen atoms in total. The van der Waals surface area contributed by atoms with Gasteiger partial charge in [-0.1, -0.05) is 19.9 Å². The highest BCUT2D eigenvalue weighted by Gasteiger charge is 2.41. The van der Waals surface area contributed by atoms with Gasteiger partial charge in [0.15, 0.2) is 11.6 Å². The Morgan fingerprint density at radius 1 is 1.21 bits per heavy atom. The van der Waals surface area contributed by atoms with Gasteiger partial charge in [-0.2, -0.15) is 4.39 Å². The van der Waals surface area contributed by atoms with Crippen molar-refractivity contribution < 1.29 is 42.5 Å². The third kappa shape index (κ3) is 5.78. The van der Waals surface area contributed by atoms with Gasteiger partial charge < -0.3 is 19.3 Å². The van der Waals surface area contributed by atoms with E-state index in [9.17, 15) is 28.3 Å². The van der Waals surface area contributed by atoms with E-state index in [1.165, 1.54) is 19.1 Å². The Labute approximate surface area is 166 Å². The summed E-state index contributed by atoms with van der Waals surface area (Å²) >= 11 is 0. The van der Waals surface area contributed by atoms with Crippen LogP contribution in [0.4, 0.5) is 13.6 Å². The van der Waals surface area contributed by atoms with E-state index >= 15 is 0 Å². The van der Waals surface area contributed by atoms with E-state index in [1.54, 1.807) is 13.8 Å². The Hall–Kier alpha value is -2.91. The average molecular weight is 415 g/mol. The molecule has 0 aromatic heterocycles. The molecule has 1 amide bonds. The number of amides is 1. The van der Waals surface area contributed by atoms with Gasteiger partial charge in [0, 0.05) is 19.4 Å². The normalized spacial score (nSPS) is 19.7. The fourth-order valence-corrected chi connectivity index (χ4v) is 2.82. The molecule has 2 rings (SSSR count). The molecular weight excluding hydrogens is 392 g/mol. The molecule has 0 saturated carbocycles. The van der Waals surface area contributed by atoms with E-state index in [0.29, 0.717) is 0 Å². The van der Waals surface area contributed by atoms with Crippen molar-refractivity contribution in [1.82, 2.24) is 4.90 Å². The van der Waals surface area contributed by atoms with Gasteiger partial charge in [-0.15, -0.1) is 0 Å². The smallest absolute Gasteiger partial charge is 0.413 e. The highest BCUT2D eigenvalue weighted by molar-refractivity contribution is 5.81. The molecule has 1 aromatic rings. The number of aliphatic carboxylic acids is 1. The SMILES string of the molecule is CC(C)C(=O)O[C@@H](C)OC(=O)N1C[C@@H](COc2cccc(F)c2F)C[C@H]1C(=O)O. The van der Waals surface area contributed by atoms with E-state index in [1.807, 2.05) is 0 Å². The van der Waals surface area contributed by atoms with Gasteiger partial charge in [0.25, 0.3) is 0 Å². The first kappa shape index (κ1) is 22.4. The summed E-state index contributed by atoms with van der Waals surface area (Å²) in [5.74, 6) is -5.17. The van der Waals surface area contributed by atoms with E-state index in [0.717, 1.165) is 11.0 Å². The van der Waals surface area contributed by atoms with Crippen molar-refractivity contribution in [1.29, 1.82) is 0 Å². The number of ether oxygens (including phenoxy) is 3. The topological polar surface area (TPSA) is 102 Å². The van der Waals surface area contributed by atoms with E-state index in [4.69, 9.17) is 14.2 Å². The van der Waals surface area contributed by atoms with E-state index in [2.05, 4.69) is 0 Å². The molecule has 1 heterocycles. The number of carboxylic acids is 1. The Morgan fingerprint density at radius 2 is 1.90 bits per heavy atom. The summed E-state index contributed by atoms with van der Waals surface area (Å²) in [6, 6.07) is 2.30. The number of nitrogens with zero attached hydrogens (tertiary/aromatic N) is 1. The van der Waals surface area contributed by atoms with Crippen LogP contribution in [0, 0.1) is 23.5 Å². The number of halogens is 2. The summed E-state index contributed by atoms with van der Waals surface area (Å²) in [7, 11) is 0. The lowest BCUT2D eigenvalue weighted by atomic mass is 10.1. The lowest BCUT2D eigenvalue weighted by Crippen LogP contribution is -2.42. The minimum Gasteiger partial charge on any atom is -0.490 e. The van der Waals surface area contributed by atoms with Crippen LogP contribution in [0.1, 0.15) is 27.2 Å². The zero-order chi connectivity index (χ0) is 21.7.